The highest BCUT2D eigenvalue weighted by molar-refractivity contribution is 5.89. The molecule has 8 heteroatoms. The molecule has 0 bridgehead atoms. The van der Waals surface area contributed by atoms with Gasteiger partial charge in [0.25, 0.3) is 0 Å². The van der Waals surface area contributed by atoms with Crippen LogP contribution in [-0.2, 0) is 59.6 Å². The van der Waals surface area contributed by atoms with Gasteiger partial charge in [-0.1, -0.05) is 140 Å². The van der Waals surface area contributed by atoms with Crippen LogP contribution < -0.4 is 0 Å². The van der Waals surface area contributed by atoms with Crippen molar-refractivity contribution in [2.75, 3.05) is 13.2 Å². The molecule has 0 spiro atoms. The van der Waals surface area contributed by atoms with Gasteiger partial charge in [0.05, 0.1) is 44.0 Å². The van der Waals surface area contributed by atoms with E-state index in [2.05, 4.69) is 0 Å². The van der Waals surface area contributed by atoms with E-state index in [1.54, 1.807) is 45.0 Å². The highest BCUT2D eigenvalue weighted by Gasteiger charge is 2.41. The Labute approximate surface area is 319 Å². The Morgan fingerprint density at radius 2 is 0.870 bits per heavy atom. The molecule has 0 heterocycles. The third-order valence-corrected chi connectivity index (χ3v) is 8.59. The molecule has 0 saturated heterocycles. The molecule has 0 aliphatic rings. The van der Waals surface area contributed by atoms with E-state index in [9.17, 15) is 9.59 Å². The van der Waals surface area contributed by atoms with Crippen molar-refractivity contribution in [1.29, 1.82) is 0 Å². The first-order chi connectivity index (χ1) is 26.3. The standard InChI is InChI=1S/C46H50O8/c1-46(2,3)45(48)53-34-40(50-30-36-21-11-5-12-22-36)42(51-31-37-23-13-6-14-24-37)43(52-32-38-25-15-7-16-26-38)41(33-49-29-35-19-9-4-10-20-35)54-44(47)39-27-17-8-18-28-39/h4-28,40-43H,29-34H2,1-3H3/t40-,41-,42+,43+/m0/s1. The summed E-state index contributed by atoms with van der Waals surface area (Å²) in [6, 6.07) is 47.8. The minimum Gasteiger partial charge on any atom is -0.462 e. The molecule has 0 N–H and O–H groups in total. The second-order valence-electron chi connectivity index (χ2n) is 14.0. The van der Waals surface area contributed by atoms with E-state index < -0.39 is 41.8 Å². The number of carbonyl (C=O) groups is 2. The monoisotopic (exact) mass is 730 g/mol. The Balaban J connectivity index is 1.55. The van der Waals surface area contributed by atoms with Crippen LogP contribution in [0.1, 0.15) is 53.4 Å². The van der Waals surface area contributed by atoms with Crippen LogP contribution in [0.2, 0.25) is 0 Å². The maximum atomic E-state index is 13.8. The Morgan fingerprint density at radius 3 is 1.31 bits per heavy atom. The lowest BCUT2D eigenvalue weighted by atomic mass is 9.97. The molecule has 0 radical (unpaired) electrons. The average molecular weight is 731 g/mol. The third-order valence-electron chi connectivity index (χ3n) is 8.59. The van der Waals surface area contributed by atoms with Gasteiger partial charge in [0.1, 0.15) is 24.9 Å². The quantitative estimate of drug-likeness (QED) is 0.0735. The Bertz CT molecular complexity index is 1800. The molecule has 0 fully saturated rings. The van der Waals surface area contributed by atoms with Gasteiger partial charge in [0.2, 0.25) is 0 Å². The first kappa shape index (κ1) is 40.1. The number of esters is 2. The summed E-state index contributed by atoms with van der Waals surface area (Å²) in [4.78, 5) is 27.0. The Kier molecular flexibility index (Phi) is 15.5. The highest BCUT2D eigenvalue weighted by atomic mass is 16.6. The fourth-order valence-electron chi connectivity index (χ4n) is 5.59. The SMILES string of the molecule is CC(C)(C)C(=O)OC[C@H](OCc1ccccc1)[C@@H](OCc1ccccc1)[C@H](OCc1ccccc1)[C@H](COCc1ccccc1)OC(=O)c1ccccc1. The van der Waals surface area contributed by atoms with Gasteiger partial charge in [0, 0.05) is 0 Å². The normalized spacial score (nSPS) is 13.7. The minimum atomic E-state index is -0.980. The largest absolute Gasteiger partial charge is 0.462 e. The molecule has 0 aromatic heterocycles. The molecule has 4 atom stereocenters. The van der Waals surface area contributed by atoms with Gasteiger partial charge >= 0.3 is 11.9 Å². The van der Waals surface area contributed by atoms with E-state index in [-0.39, 0.29) is 39.6 Å². The lowest BCUT2D eigenvalue weighted by Gasteiger charge is -2.37. The van der Waals surface area contributed by atoms with Crippen LogP contribution in [0.15, 0.2) is 152 Å². The van der Waals surface area contributed by atoms with E-state index in [4.69, 9.17) is 28.4 Å². The summed E-state index contributed by atoms with van der Waals surface area (Å²) in [5.41, 5.74) is 3.32. The lowest BCUT2D eigenvalue weighted by molar-refractivity contribution is -0.200. The minimum absolute atomic E-state index is 0.0225. The predicted molar refractivity (Wildman–Crippen MR) is 207 cm³/mol. The Hall–Kier alpha value is -5.12. The van der Waals surface area contributed by atoms with Crippen LogP contribution in [-0.4, -0.2) is 49.6 Å². The summed E-state index contributed by atoms with van der Waals surface area (Å²) in [6.45, 7) is 6.06. The van der Waals surface area contributed by atoms with Crippen molar-refractivity contribution in [3.05, 3.63) is 179 Å². The van der Waals surface area contributed by atoms with E-state index >= 15 is 0 Å². The zero-order valence-corrected chi connectivity index (χ0v) is 31.3. The number of hydrogen-bond donors (Lipinski definition) is 0. The van der Waals surface area contributed by atoms with Crippen LogP contribution >= 0.6 is 0 Å². The lowest BCUT2D eigenvalue weighted by Crippen LogP contribution is -2.53. The van der Waals surface area contributed by atoms with Gasteiger partial charge in [-0.05, 0) is 55.2 Å². The van der Waals surface area contributed by atoms with Crippen LogP contribution in [0.4, 0.5) is 0 Å². The summed E-state index contributed by atoms with van der Waals surface area (Å²) < 4.78 is 38.7. The molecule has 5 aromatic carbocycles. The molecule has 0 unspecified atom stereocenters. The molecular formula is C46H50O8. The molecule has 0 aliphatic carbocycles. The molecule has 5 aromatic rings. The smallest absolute Gasteiger partial charge is 0.338 e. The van der Waals surface area contributed by atoms with Crippen LogP contribution in [0.25, 0.3) is 0 Å². The maximum Gasteiger partial charge on any atom is 0.338 e. The second kappa shape index (κ2) is 20.9. The van der Waals surface area contributed by atoms with Gasteiger partial charge < -0.3 is 28.4 Å². The molecule has 8 nitrogen and oxygen atoms in total. The zero-order chi connectivity index (χ0) is 38.0. The summed E-state index contributed by atoms with van der Waals surface area (Å²) in [6.07, 6.45) is -3.70. The summed E-state index contributed by atoms with van der Waals surface area (Å²) in [5, 5.41) is 0. The van der Waals surface area contributed by atoms with Crippen molar-refractivity contribution in [3.8, 4) is 0 Å². The number of hydrogen-bond acceptors (Lipinski definition) is 8. The van der Waals surface area contributed by atoms with Crippen LogP contribution in [0.5, 0.6) is 0 Å². The van der Waals surface area contributed by atoms with Gasteiger partial charge in [-0.2, -0.15) is 0 Å². The summed E-state index contributed by atoms with van der Waals surface area (Å²) >= 11 is 0. The van der Waals surface area contributed by atoms with Crippen LogP contribution in [0.3, 0.4) is 0 Å². The molecular weight excluding hydrogens is 680 g/mol. The zero-order valence-electron chi connectivity index (χ0n) is 31.3. The summed E-state index contributed by atoms with van der Waals surface area (Å²) in [5.74, 6) is -0.933. The van der Waals surface area contributed by atoms with Crippen molar-refractivity contribution in [1.82, 2.24) is 0 Å². The topological polar surface area (TPSA) is 89.5 Å². The second-order valence-corrected chi connectivity index (χ2v) is 14.0. The number of carbonyl (C=O) groups excluding carboxylic acids is 2. The van der Waals surface area contributed by atoms with Crippen molar-refractivity contribution in [3.63, 3.8) is 0 Å². The van der Waals surface area contributed by atoms with Crippen LogP contribution in [0, 0.1) is 5.41 Å². The molecule has 54 heavy (non-hydrogen) atoms. The maximum absolute atomic E-state index is 13.8. The van der Waals surface area contributed by atoms with Crippen molar-refractivity contribution >= 4 is 11.9 Å². The predicted octanol–water partition coefficient (Wildman–Crippen LogP) is 8.77. The molecule has 282 valence electrons. The van der Waals surface area contributed by atoms with Gasteiger partial charge in [-0.25, -0.2) is 4.79 Å². The molecule has 0 amide bonds. The third kappa shape index (κ3) is 13.1. The Morgan fingerprint density at radius 1 is 0.481 bits per heavy atom. The molecule has 0 aliphatic heterocycles. The molecule has 5 rings (SSSR count). The van der Waals surface area contributed by atoms with E-state index in [1.165, 1.54) is 0 Å². The average Bonchev–Trinajstić information content (AvgIpc) is 3.20. The van der Waals surface area contributed by atoms with E-state index in [1.807, 2.05) is 127 Å². The highest BCUT2D eigenvalue weighted by Crippen LogP contribution is 2.25. The van der Waals surface area contributed by atoms with Crippen molar-refractivity contribution in [2.45, 2.75) is 71.6 Å². The first-order valence-electron chi connectivity index (χ1n) is 18.3. The van der Waals surface area contributed by atoms with Gasteiger partial charge in [0.15, 0.2) is 6.10 Å². The van der Waals surface area contributed by atoms with Crippen molar-refractivity contribution in [2.24, 2.45) is 5.41 Å². The van der Waals surface area contributed by atoms with Crippen molar-refractivity contribution < 1.29 is 38.0 Å². The fraction of sp³-hybridized carbons (Fsp3) is 0.304. The molecule has 0 saturated carbocycles. The van der Waals surface area contributed by atoms with Gasteiger partial charge in [-0.3, -0.25) is 4.79 Å². The van der Waals surface area contributed by atoms with E-state index in [0.29, 0.717) is 5.56 Å². The number of ether oxygens (including phenoxy) is 6. The summed E-state index contributed by atoms with van der Waals surface area (Å²) in [7, 11) is 0. The number of benzene rings is 5. The first-order valence-corrected chi connectivity index (χ1v) is 18.3. The fourth-order valence-corrected chi connectivity index (χ4v) is 5.59. The van der Waals surface area contributed by atoms with Gasteiger partial charge in [-0.15, -0.1) is 0 Å². The number of rotatable bonds is 20. The van der Waals surface area contributed by atoms with E-state index in [0.717, 1.165) is 22.3 Å².